The lowest BCUT2D eigenvalue weighted by atomic mass is 10.1. The molecular weight excluding hydrogens is 236 g/mol. The van der Waals surface area contributed by atoms with Gasteiger partial charge in [0.1, 0.15) is 6.61 Å². The summed E-state index contributed by atoms with van der Waals surface area (Å²) in [6.45, 7) is 1.41. The molecule has 0 bridgehead atoms. The summed E-state index contributed by atoms with van der Waals surface area (Å²) in [4.78, 5) is 10.7. The first-order valence-corrected chi connectivity index (χ1v) is 5.29. The third-order valence-corrected chi connectivity index (χ3v) is 2.77. The topological polar surface area (TPSA) is 94.1 Å². The van der Waals surface area contributed by atoms with Gasteiger partial charge in [0.15, 0.2) is 11.6 Å². The number of aromatic nitrogens is 3. The molecule has 1 aromatic carbocycles. The van der Waals surface area contributed by atoms with Crippen LogP contribution in [0.4, 0.5) is 5.69 Å². The van der Waals surface area contributed by atoms with Crippen molar-refractivity contribution >= 4 is 5.69 Å². The Morgan fingerprint density at radius 2 is 2.17 bits per heavy atom. The number of rotatable bonds is 3. The van der Waals surface area contributed by atoms with Gasteiger partial charge in [-0.1, -0.05) is 12.1 Å². The van der Waals surface area contributed by atoms with Crippen LogP contribution in [0, 0.1) is 17.0 Å². The van der Waals surface area contributed by atoms with Crippen LogP contribution in [0.15, 0.2) is 18.2 Å². The Labute approximate surface area is 103 Å². The molecule has 94 valence electrons. The van der Waals surface area contributed by atoms with Gasteiger partial charge in [-0.2, -0.15) is 0 Å². The van der Waals surface area contributed by atoms with Crippen LogP contribution in [0.2, 0.25) is 0 Å². The van der Waals surface area contributed by atoms with E-state index in [1.165, 1.54) is 0 Å². The van der Waals surface area contributed by atoms with Crippen molar-refractivity contribution in [1.29, 1.82) is 0 Å². The van der Waals surface area contributed by atoms with Gasteiger partial charge in [0.2, 0.25) is 0 Å². The summed E-state index contributed by atoms with van der Waals surface area (Å²) in [7, 11) is 1.66. The number of para-hydroxylation sites is 1. The van der Waals surface area contributed by atoms with Gasteiger partial charge >= 0.3 is 0 Å². The largest absolute Gasteiger partial charge is 0.388 e. The van der Waals surface area contributed by atoms with E-state index in [1.807, 2.05) is 0 Å². The molecule has 7 heteroatoms. The molecule has 0 aliphatic rings. The van der Waals surface area contributed by atoms with E-state index < -0.39 is 4.92 Å². The van der Waals surface area contributed by atoms with E-state index in [0.29, 0.717) is 22.8 Å². The maximum Gasteiger partial charge on any atom is 0.283 e. The number of nitro groups is 1. The van der Waals surface area contributed by atoms with Gasteiger partial charge in [-0.25, -0.2) is 0 Å². The molecule has 0 fully saturated rings. The summed E-state index contributed by atoms with van der Waals surface area (Å²) >= 11 is 0. The molecule has 0 saturated carbocycles. The lowest BCUT2D eigenvalue weighted by molar-refractivity contribution is -0.384. The molecule has 7 nitrogen and oxygen atoms in total. The van der Waals surface area contributed by atoms with E-state index >= 15 is 0 Å². The van der Waals surface area contributed by atoms with Gasteiger partial charge in [0, 0.05) is 12.6 Å². The molecular formula is C11H12N4O3. The summed E-state index contributed by atoms with van der Waals surface area (Å²) in [5.41, 5.74) is 0.971. The molecule has 0 aliphatic heterocycles. The number of nitrogens with zero attached hydrogens (tertiary/aromatic N) is 4. The quantitative estimate of drug-likeness (QED) is 0.650. The van der Waals surface area contributed by atoms with Crippen molar-refractivity contribution in [3.8, 4) is 11.4 Å². The Bertz CT molecular complexity index is 606. The average Bonchev–Trinajstić information content (AvgIpc) is 2.69. The van der Waals surface area contributed by atoms with Crippen molar-refractivity contribution in [1.82, 2.24) is 14.8 Å². The van der Waals surface area contributed by atoms with Crippen LogP contribution in [0.3, 0.4) is 0 Å². The maximum atomic E-state index is 11.1. The summed E-state index contributed by atoms with van der Waals surface area (Å²) in [5, 5.41) is 27.8. The highest BCUT2D eigenvalue weighted by atomic mass is 16.6. The third kappa shape index (κ3) is 1.84. The fourth-order valence-electron chi connectivity index (χ4n) is 1.82. The van der Waals surface area contributed by atoms with E-state index in [4.69, 9.17) is 5.11 Å². The Morgan fingerprint density at radius 3 is 2.72 bits per heavy atom. The standard InChI is InChI=1S/C11H12N4O3/c1-7-4-3-5-8(10(7)15(17)18)11-13-12-9(6-16)14(11)2/h3-5,16H,6H2,1-2H3. The fraction of sp³-hybridized carbons (Fsp3) is 0.273. The molecule has 18 heavy (non-hydrogen) atoms. The number of hydrogen-bond acceptors (Lipinski definition) is 5. The fourth-order valence-corrected chi connectivity index (χ4v) is 1.82. The summed E-state index contributed by atoms with van der Waals surface area (Å²) in [5.74, 6) is 0.732. The normalized spacial score (nSPS) is 10.6. The zero-order valence-electron chi connectivity index (χ0n) is 9.99. The molecule has 2 rings (SSSR count). The molecule has 1 heterocycles. The minimum absolute atomic E-state index is 0.0116. The Morgan fingerprint density at radius 1 is 1.44 bits per heavy atom. The Balaban J connectivity index is 2.67. The number of aliphatic hydroxyl groups is 1. The maximum absolute atomic E-state index is 11.1. The minimum atomic E-state index is -0.433. The SMILES string of the molecule is Cc1cccc(-c2nnc(CO)n2C)c1[N+](=O)[O-]. The van der Waals surface area contributed by atoms with Gasteiger partial charge in [-0.15, -0.1) is 10.2 Å². The molecule has 1 aromatic heterocycles. The van der Waals surface area contributed by atoms with Gasteiger partial charge in [0.25, 0.3) is 5.69 Å². The zero-order chi connectivity index (χ0) is 13.3. The molecule has 0 unspecified atom stereocenters. The van der Waals surface area contributed by atoms with Crippen LogP contribution in [0.5, 0.6) is 0 Å². The number of hydrogen-bond donors (Lipinski definition) is 1. The van der Waals surface area contributed by atoms with Gasteiger partial charge in [-0.3, -0.25) is 10.1 Å². The van der Waals surface area contributed by atoms with E-state index in [2.05, 4.69) is 10.2 Å². The molecule has 0 amide bonds. The van der Waals surface area contributed by atoms with Crippen molar-refractivity contribution < 1.29 is 10.0 Å². The average molecular weight is 248 g/mol. The van der Waals surface area contributed by atoms with Crippen LogP contribution in [-0.2, 0) is 13.7 Å². The number of aryl methyl sites for hydroxylation is 1. The molecule has 0 aliphatic carbocycles. The first-order valence-electron chi connectivity index (χ1n) is 5.29. The number of benzene rings is 1. The molecule has 0 radical (unpaired) electrons. The highest BCUT2D eigenvalue weighted by Crippen LogP contribution is 2.31. The number of aliphatic hydroxyl groups excluding tert-OH is 1. The van der Waals surface area contributed by atoms with Crippen LogP contribution >= 0.6 is 0 Å². The molecule has 1 N–H and O–H groups in total. The second-order valence-corrected chi connectivity index (χ2v) is 3.89. The second-order valence-electron chi connectivity index (χ2n) is 3.89. The molecule has 0 spiro atoms. The van der Waals surface area contributed by atoms with Crippen LogP contribution in [-0.4, -0.2) is 24.8 Å². The smallest absolute Gasteiger partial charge is 0.283 e. The first kappa shape index (κ1) is 12.2. The van der Waals surface area contributed by atoms with Crippen LogP contribution in [0.25, 0.3) is 11.4 Å². The lowest BCUT2D eigenvalue weighted by Crippen LogP contribution is -2.02. The van der Waals surface area contributed by atoms with Crippen LogP contribution < -0.4 is 0 Å². The second kappa shape index (κ2) is 4.53. The predicted molar refractivity (Wildman–Crippen MR) is 63.8 cm³/mol. The van der Waals surface area contributed by atoms with Crippen molar-refractivity contribution in [2.45, 2.75) is 13.5 Å². The van der Waals surface area contributed by atoms with E-state index in [0.717, 1.165) is 0 Å². The summed E-state index contributed by atoms with van der Waals surface area (Å²) < 4.78 is 1.54. The lowest BCUT2D eigenvalue weighted by Gasteiger charge is -2.05. The van der Waals surface area contributed by atoms with Crippen molar-refractivity contribution in [3.05, 3.63) is 39.7 Å². The number of nitro benzene ring substituents is 1. The van der Waals surface area contributed by atoms with Gasteiger partial charge in [-0.05, 0) is 13.0 Å². The van der Waals surface area contributed by atoms with Crippen molar-refractivity contribution in [2.75, 3.05) is 0 Å². The molecule has 0 atom stereocenters. The monoisotopic (exact) mass is 248 g/mol. The van der Waals surface area contributed by atoms with Crippen LogP contribution in [0.1, 0.15) is 11.4 Å². The van der Waals surface area contributed by atoms with Crippen molar-refractivity contribution in [3.63, 3.8) is 0 Å². The summed E-state index contributed by atoms with van der Waals surface area (Å²) in [6, 6.07) is 5.02. The van der Waals surface area contributed by atoms with E-state index in [-0.39, 0.29) is 12.3 Å². The van der Waals surface area contributed by atoms with Gasteiger partial charge in [0.05, 0.1) is 10.5 Å². The molecule has 0 saturated heterocycles. The minimum Gasteiger partial charge on any atom is -0.388 e. The summed E-state index contributed by atoms with van der Waals surface area (Å²) in [6.07, 6.45) is 0. The highest BCUT2D eigenvalue weighted by Gasteiger charge is 2.22. The van der Waals surface area contributed by atoms with E-state index in [1.54, 1.807) is 36.7 Å². The van der Waals surface area contributed by atoms with Gasteiger partial charge < -0.3 is 9.67 Å². The first-order chi connectivity index (χ1) is 8.56. The van der Waals surface area contributed by atoms with E-state index in [9.17, 15) is 10.1 Å². The highest BCUT2D eigenvalue weighted by molar-refractivity contribution is 5.70. The third-order valence-electron chi connectivity index (χ3n) is 2.77. The Hall–Kier alpha value is -2.28. The predicted octanol–water partition coefficient (Wildman–Crippen LogP) is 1.19. The zero-order valence-corrected chi connectivity index (χ0v) is 9.99. The Kier molecular flexibility index (Phi) is 3.07. The molecule has 2 aromatic rings. The van der Waals surface area contributed by atoms with Crippen molar-refractivity contribution in [2.24, 2.45) is 7.05 Å².